The van der Waals surface area contributed by atoms with Gasteiger partial charge < -0.3 is 4.74 Å². The number of aromatic nitrogens is 1. The molecule has 5 heteroatoms. The standard InChI is InChI=1S/C28H30N2O2S/c1-4-5-9-20-12-17-24-25(18-20)33-27(29-24)30-26(31)19-32-23-15-13-22(14-16-23)28(2,3)21-10-7-6-8-11-21/h6-8,10-18H,4-5,9,19H2,1-3H3,(H,29,30,31). The molecule has 1 amide bonds. The summed E-state index contributed by atoms with van der Waals surface area (Å²) in [6.07, 6.45) is 3.42. The second-order valence-electron chi connectivity index (χ2n) is 8.78. The topological polar surface area (TPSA) is 51.2 Å². The zero-order valence-corrected chi connectivity index (χ0v) is 20.2. The number of carbonyl (C=O) groups is 1. The van der Waals surface area contributed by atoms with E-state index in [2.05, 4.69) is 79.6 Å². The SMILES string of the molecule is CCCCc1ccc2nc(NC(=O)COc3ccc(C(C)(C)c4ccccc4)cc3)sc2c1. The Balaban J connectivity index is 1.34. The summed E-state index contributed by atoms with van der Waals surface area (Å²) < 4.78 is 6.81. The minimum Gasteiger partial charge on any atom is -0.484 e. The molecule has 33 heavy (non-hydrogen) atoms. The summed E-state index contributed by atoms with van der Waals surface area (Å²) in [6.45, 7) is 6.55. The van der Waals surface area contributed by atoms with Crippen LogP contribution in [0.5, 0.6) is 5.75 Å². The first-order valence-corrected chi connectivity index (χ1v) is 12.3. The van der Waals surface area contributed by atoms with Crippen LogP contribution in [0.15, 0.2) is 72.8 Å². The van der Waals surface area contributed by atoms with Crippen molar-refractivity contribution in [3.63, 3.8) is 0 Å². The summed E-state index contributed by atoms with van der Waals surface area (Å²) in [6, 6.07) is 24.7. The smallest absolute Gasteiger partial charge is 0.264 e. The minimum atomic E-state index is -0.214. The van der Waals surface area contributed by atoms with Gasteiger partial charge in [0.1, 0.15) is 5.75 Å². The summed E-state index contributed by atoms with van der Waals surface area (Å²) >= 11 is 1.50. The van der Waals surface area contributed by atoms with Crippen molar-refractivity contribution in [2.75, 3.05) is 11.9 Å². The number of amides is 1. The number of benzene rings is 3. The van der Waals surface area contributed by atoms with Crippen LogP contribution in [0.1, 0.15) is 50.3 Å². The van der Waals surface area contributed by atoms with E-state index in [-0.39, 0.29) is 17.9 Å². The van der Waals surface area contributed by atoms with Gasteiger partial charge in [0, 0.05) is 5.41 Å². The van der Waals surface area contributed by atoms with Crippen LogP contribution in [-0.4, -0.2) is 17.5 Å². The third-order valence-electron chi connectivity index (χ3n) is 5.96. The maximum atomic E-state index is 12.4. The summed E-state index contributed by atoms with van der Waals surface area (Å²) in [5.41, 5.74) is 4.56. The quantitative estimate of drug-likeness (QED) is 0.294. The normalized spacial score (nSPS) is 11.5. The lowest BCUT2D eigenvalue weighted by Crippen LogP contribution is -2.20. The van der Waals surface area contributed by atoms with Crippen LogP contribution < -0.4 is 10.1 Å². The highest BCUT2D eigenvalue weighted by atomic mass is 32.1. The summed E-state index contributed by atoms with van der Waals surface area (Å²) in [7, 11) is 0. The lowest BCUT2D eigenvalue weighted by molar-refractivity contribution is -0.118. The van der Waals surface area contributed by atoms with Gasteiger partial charge in [0.2, 0.25) is 0 Å². The second kappa shape index (κ2) is 10.2. The van der Waals surface area contributed by atoms with Crippen LogP contribution in [0.3, 0.4) is 0 Å². The van der Waals surface area contributed by atoms with Gasteiger partial charge in [0.15, 0.2) is 11.7 Å². The van der Waals surface area contributed by atoms with Gasteiger partial charge in [-0.25, -0.2) is 4.98 Å². The number of hydrogen-bond donors (Lipinski definition) is 1. The minimum absolute atomic E-state index is 0.0564. The molecule has 4 rings (SSSR count). The van der Waals surface area contributed by atoms with E-state index < -0.39 is 0 Å². The predicted octanol–water partition coefficient (Wildman–Crippen LogP) is 6.98. The van der Waals surface area contributed by atoms with Crippen LogP contribution >= 0.6 is 11.3 Å². The van der Waals surface area contributed by atoms with Crippen molar-refractivity contribution in [3.8, 4) is 5.75 Å². The van der Waals surface area contributed by atoms with Crippen LogP contribution in [0, 0.1) is 0 Å². The van der Waals surface area contributed by atoms with Gasteiger partial charge in [-0.05, 0) is 53.8 Å². The van der Waals surface area contributed by atoms with E-state index in [9.17, 15) is 4.79 Å². The molecular weight excluding hydrogens is 428 g/mol. The molecule has 0 unspecified atom stereocenters. The van der Waals surface area contributed by atoms with E-state index >= 15 is 0 Å². The molecule has 0 spiro atoms. The van der Waals surface area contributed by atoms with Crippen molar-refractivity contribution in [1.82, 2.24) is 4.98 Å². The Labute approximate surface area is 199 Å². The summed E-state index contributed by atoms with van der Waals surface area (Å²) in [5.74, 6) is 0.455. The lowest BCUT2D eigenvalue weighted by atomic mass is 9.78. The molecule has 1 aromatic heterocycles. The number of carbonyl (C=O) groups excluding carboxylic acids is 1. The molecule has 0 aliphatic carbocycles. The number of nitrogens with one attached hydrogen (secondary N) is 1. The summed E-state index contributed by atoms with van der Waals surface area (Å²) in [5, 5.41) is 3.47. The van der Waals surface area contributed by atoms with Crippen molar-refractivity contribution in [2.24, 2.45) is 0 Å². The number of thiazole rings is 1. The Morgan fingerprint density at radius 2 is 1.73 bits per heavy atom. The molecule has 170 valence electrons. The number of nitrogens with zero attached hydrogens (tertiary/aromatic N) is 1. The first-order chi connectivity index (χ1) is 16.0. The Hall–Kier alpha value is -3.18. The van der Waals surface area contributed by atoms with Gasteiger partial charge in [-0.1, -0.05) is 87.1 Å². The van der Waals surface area contributed by atoms with Crippen LogP contribution in [-0.2, 0) is 16.6 Å². The van der Waals surface area contributed by atoms with Gasteiger partial charge in [0.25, 0.3) is 5.91 Å². The highest BCUT2D eigenvalue weighted by molar-refractivity contribution is 7.22. The zero-order chi connectivity index (χ0) is 23.3. The largest absolute Gasteiger partial charge is 0.484 e. The second-order valence-corrected chi connectivity index (χ2v) is 9.81. The molecule has 0 saturated heterocycles. The van der Waals surface area contributed by atoms with Crippen LogP contribution in [0.4, 0.5) is 5.13 Å². The predicted molar refractivity (Wildman–Crippen MR) is 137 cm³/mol. The molecule has 0 fully saturated rings. The maximum absolute atomic E-state index is 12.4. The molecule has 0 bridgehead atoms. The Morgan fingerprint density at radius 1 is 1.00 bits per heavy atom. The average Bonchev–Trinajstić information content (AvgIpc) is 3.23. The third kappa shape index (κ3) is 5.60. The van der Waals surface area contributed by atoms with E-state index in [0.29, 0.717) is 10.9 Å². The number of ether oxygens (including phenoxy) is 1. The van der Waals surface area contributed by atoms with Crippen LogP contribution in [0.25, 0.3) is 10.2 Å². The Kier molecular flexibility index (Phi) is 7.09. The van der Waals surface area contributed by atoms with Gasteiger partial charge >= 0.3 is 0 Å². The van der Waals surface area contributed by atoms with E-state index in [1.165, 1.54) is 40.9 Å². The zero-order valence-electron chi connectivity index (χ0n) is 19.4. The van der Waals surface area contributed by atoms with E-state index in [1.54, 1.807) is 0 Å². The van der Waals surface area contributed by atoms with Gasteiger partial charge in [-0.15, -0.1) is 0 Å². The molecular formula is C28H30N2O2S. The fourth-order valence-electron chi connectivity index (χ4n) is 3.85. The molecule has 0 aliphatic heterocycles. The van der Waals surface area contributed by atoms with Crippen molar-refractivity contribution in [1.29, 1.82) is 0 Å². The molecule has 1 heterocycles. The number of aryl methyl sites for hydroxylation is 1. The van der Waals surface area contributed by atoms with Crippen molar-refractivity contribution in [3.05, 3.63) is 89.5 Å². The van der Waals surface area contributed by atoms with E-state index in [4.69, 9.17) is 4.74 Å². The fourth-order valence-corrected chi connectivity index (χ4v) is 4.80. The monoisotopic (exact) mass is 458 g/mol. The van der Waals surface area contributed by atoms with Crippen molar-refractivity contribution in [2.45, 2.75) is 45.4 Å². The molecule has 3 aromatic carbocycles. The summed E-state index contributed by atoms with van der Waals surface area (Å²) in [4.78, 5) is 16.9. The molecule has 0 aliphatic rings. The number of unbranched alkanes of at least 4 members (excludes halogenated alkanes) is 1. The number of hydrogen-bond acceptors (Lipinski definition) is 4. The highest BCUT2D eigenvalue weighted by Crippen LogP contribution is 2.32. The van der Waals surface area contributed by atoms with Gasteiger partial charge in [-0.3, -0.25) is 10.1 Å². The maximum Gasteiger partial charge on any atom is 0.264 e. The van der Waals surface area contributed by atoms with Gasteiger partial charge in [-0.2, -0.15) is 0 Å². The van der Waals surface area contributed by atoms with Gasteiger partial charge in [0.05, 0.1) is 10.2 Å². The van der Waals surface area contributed by atoms with Crippen molar-refractivity contribution >= 4 is 32.6 Å². The molecule has 0 radical (unpaired) electrons. The molecule has 0 saturated carbocycles. The highest BCUT2D eigenvalue weighted by Gasteiger charge is 2.22. The Morgan fingerprint density at radius 3 is 2.45 bits per heavy atom. The number of rotatable bonds is 9. The number of fused-ring (bicyclic) bond motifs is 1. The first kappa shape index (κ1) is 23.0. The van der Waals surface area contributed by atoms with Crippen LogP contribution in [0.2, 0.25) is 0 Å². The Bertz CT molecular complexity index is 1210. The average molecular weight is 459 g/mol. The van der Waals surface area contributed by atoms with E-state index in [0.717, 1.165) is 16.6 Å². The lowest BCUT2D eigenvalue weighted by Gasteiger charge is -2.26. The molecule has 4 nitrogen and oxygen atoms in total. The molecule has 1 N–H and O–H groups in total. The third-order valence-corrected chi connectivity index (χ3v) is 6.89. The molecule has 4 aromatic rings. The fraction of sp³-hybridized carbons (Fsp3) is 0.286. The number of anilines is 1. The first-order valence-electron chi connectivity index (χ1n) is 11.4. The van der Waals surface area contributed by atoms with E-state index in [1.807, 2.05) is 24.3 Å². The molecule has 0 atom stereocenters. The van der Waals surface area contributed by atoms with Crippen molar-refractivity contribution < 1.29 is 9.53 Å².